The molecule has 0 atom stereocenters. The van der Waals surface area contributed by atoms with Crippen molar-refractivity contribution in [2.24, 2.45) is 0 Å². The quantitative estimate of drug-likeness (QED) is 0.743. The number of carboxylic acids is 1. The van der Waals surface area contributed by atoms with Crippen molar-refractivity contribution in [1.29, 1.82) is 0 Å². The van der Waals surface area contributed by atoms with Gasteiger partial charge in [-0.2, -0.15) is 5.10 Å². The van der Waals surface area contributed by atoms with Gasteiger partial charge in [0.25, 0.3) is 5.56 Å². The second-order valence-electron chi connectivity index (χ2n) is 4.54. The summed E-state index contributed by atoms with van der Waals surface area (Å²) in [4.78, 5) is 34.6. The van der Waals surface area contributed by atoms with Crippen molar-refractivity contribution in [2.75, 3.05) is 20.8 Å². The maximum absolute atomic E-state index is 12.5. The molecule has 1 aromatic heterocycles. The number of carbonyl (C=O) groups excluding carboxylic acids is 1. The molecular weight excluding hydrogens is 306 g/mol. The molecule has 0 unspecified atom stereocenters. The molecule has 0 radical (unpaired) electrons. The van der Waals surface area contributed by atoms with Gasteiger partial charge in [0.15, 0.2) is 11.5 Å². The average Bonchev–Trinajstić information content (AvgIpc) is 2.54. The Hall–Kier alpha value is -3.10. The smallest absolute Gasteiger partial charge is 0.322 e. The molecule has 0 saturated heterocycles. The number of rotatable bonds is 6. The summed E-state index contributed by atoms with van der Waals surface area (Å²) in [5.41, 5.74) is -0.538. The van der Waals surface area contributed by atoms with Crippen LogP contribution in [0.4, 0.5) is 0 Å². The number of nitrogens with zero attached hydrogens (tertiary/aromatic N) is 2. The zero-order valence-corrected chi connectivity index (χ0v) is 12.5. The topological polar surface area (TPSA) is 120 Å². The number of hydrogen-bond donors (Lipinski definition) is 2. The molecule has 23 heavy (non-hydrogen) atoms. The first-order valence-electron chi connectivity index (χ1n) is 6.57. The van der Waals surface area contributed by atoms with Gasteiger partial charge >= 0.3 is 5.97 Å². The third kappa shape index (κ3) is 3.39. The van der Waals surface area contributed by atoms with Crippen LogP contribution in [0.25, 0.3) is 10.8 Å². The van der Waals surface area contributed by atoms with Crippen molar-refractivity contribution < 1.29 is 24.2 Å². The Kier molecular flexibility index (Phi) is 4.79. The number of fused-ring (bicyclic) bond motifs is 1. The molecule has 9 heteroatoms. The van der Waals surface area contributed by atoms with E-state index < -0.39 is 30.5 Å². The highest BCUT2D eigenvalue weighted by molar-refractivity contribution is 5.89. The SMILES string of the molecule is COc1ccc2cnn(CC(=O)NCC(=O)O)c(=O)c2c1OC. The first-order valence-corrected chi connectivity index (χ1v) is 6.57. The standard InChI is InChI=1S/C14H15N3O6/c1-22-9-4-3-8-5-16-17(7-10(18)15-6-11(19)20)14(21)12(8)13(9)23-2/h3-5H,6-7H2,1-2H3,(H,15,18)(H,19,20). The normalized spacial score (nSPS) is 10.3. The van der Waals surface area contributed by atoms with Crippen molar-refractivity contribution in [3.63, 3.8) is 0 Å². The number of methoxy groups -OCH3 is 2. The minimum Gasteiger partial charge on any atom is -0.493 e. The molecule has 0 fully saturated rings. The fourth-order valence-electron chi connectivity index (χ4n) is 2.06. The lowest BCUT2D eigenvalue weighted by atomic mass is 10.1. The van der Waals surface area contributed by atoms with Crippen LogP contribution in [-0.2, 0) is 16.1 Å². The highest BCUT2D eigenvalue weighted by Crippen LogP contribution is 2.32. The maximum Gasteiger partial charge on any atom is 0.322 e. The molecule has 0 aliphatic carbocycles. The van der Waals surface area contributed by atoms with Crippen molar-refractivity contribution in [1.82, 2.24) is 15.1 Å². The van der Waals surface area contributed by atoms with Crippen molar-refractivity contribution >= 4 is 22.6 Å². The van der Waals surface area contributed by atoms with Crippen LogP contribution >= 0.6 is 0 Å². The van der Waals surface area contributed by atoms with E-state index in [0.29, 0.717) is 11.1 Å². The molecule has 0 aliphatic heterocycles. The lowest BCUT2D eigenvalue weighted by molar-refractivity contribution is -0.138. The maximum atomic E-state index is 12.5. The predicted molar refractivity (Wildman–Crippen MR) is 79.8 cm³/mol. The van der Waals surface area contributed by atoms with Gasteiger partial charge in [-0.25, -0.2) is 4.68 Å². The predicted octanol–water partition coefficient (Wildman–Crippen LogP) is -0.385. The van der Waals surface area contributed by atoms with E-state index in [1.807, 2.05) is 0 Å². The molecule has 0 bridgehead atoms. The summed E-state index contributed by atoms with van der Waals surface area (Å²) in [5, 5.41) is 15.4. The van der Waals surface area contributed by atoms with Gasteiger partial charge in [0.05, 0.1) is 25.8 Å². The summed E-state index contributed by atoms with van der Waals surface area (Å²) < 4.78 is 11.3. The van der Waals surface area contributed by atoms with Crippen LogP contribution in [0.15, 0.2) is 23.1 Å². The molecule has 122 valence electrons. The molecule has 9 nitrogen and oxygen atoms in total. The van der Waals surface area contributed by atoms with Crippen molar-refractivity contribution in [3.05, 3.63) is 28.7 Å². The fraction of sp³-hybridized carbons (Fsp3) is 0.286. The van der Waals surface area contributed by atoms with Gasteiger partial charge in [-0.05, 0) is 12.1 Å². The number of carbonyl (C=O) groups is 2. The summed E-state index contributed by atoms with van der Waals surface area (Å²) in [6.07, 6.45) is 1.42. The van der Waals surface area contributed by atoms with Gasteiger partial charge in [-0.15, -0.1) is 0 Å². The summed E-state index contributed by atoms with van der Waals surface area (Å²) >= 11 is 0. The van der Waals surface area contributed by atoms with E-state index in [1.54, 1.807) is 12.1 Å². The molecule has 0 spiro atoms. The third-order valence-corrected chi connectivity index (χ3v) is 3.09. The molecule has 1 amide bonds. The minimum absolute atomic E-state index is 0.230. The number of aliphatic carboxylic acids is 1. The Morgan fingerprint density at radius 1 is 1.30 bits per heavy atom. The van der Waals surface area contributed by atoms with Crippen LogP contribution in [0.3, 0.4) is 0 Å². The molecular formula is C14H15N3O6. The van der Waals surface area contributed by atoms with Gasteiger partial charge in [0.2, 0.25) is 5.91 Å². The van der Waals surface area contributed by atoms with E-state index in [1.165, 1.54) is 20.4 Å². The van der Waals surface area contributed by atoms with Crippen molar-refractivity contribution in [2.45, 2.75) is 6.54 Å². The van der Waals surface area contributed by atoms with Crippen LogP contribution in [-0.4, -0.2) is 47.5 Å². The number of carboxylic acid groups (broad SMARTS) is 1. The Morgan fingerprint density at radius 3 is 2.65 bits per heavy atom. The lowest BCUT2D eigenvalue weighted by Crippen LogP contribution is -2.36. The van der Waals surface area contributed by atoms with E-state index >= 15 is 0 Å². The number of benzene rings is 1. The van der Waals surface area contributed by atoms with E-state index in [4.69, 9.17) is 14.6 Å². The van der Waals surface area contributed by atoms with E-state index in [9.17, 15) is 14.4 Å². The van der Waals surface area contributed by atoms with Gasteiger partial charge in [0.1, 0.15) is 13.1 Å². The highest BCUT2D eigenvalue weighted by atomic mass is 16.5. The second kappa shape index (κ2) is 6.77. The Balaban J connectivity index is 2.43. The molecule has 0 saturated carbocycles. The van der Waals surface area contributed by atoms with E-state index in [-0.39, 0.29) is 11.1 Å². The van der Waals surface area contributed by atoms with Gasteiger partial charge in [0, 0.05) is 5.39 Å². The van der Waals surface area contributed by atoms with Gasteiger partial charge in [-0.3, -0.25) is 14.4 Å². The van der Waals surface area contributed by atoms with E-state index in [2.05, 4.69) is 10.4 Å². The zero-order chi connectivity index (χ0) is 17.0. The van der Waals surface area contributed by atoms with Crippen LogP contribution in [0, 0.1) is 0 Å². The highest BCUT2D eigenvalue weighted by Gasteiger charge is 2.16. The average molecular weight is 321 g/mol. The fourth-order valence-corrected chi connectivity index (χ4v) is 2.06. The monoisotopic (exact) mass is 321 g/mol. The number of ether oxygens (including phenoxy) is 2. The third-order valence-electron chi connectivity index (χ3n) is 3.09. The summed E-state index contributed by atoms with van der Waals surface area (Å²) in [7, 11) is 2.85. The molecule has 2 rings (SSSR count). The molecule has 2 aromatic rings. The van der Waals surface area contributed by atoms with Gasteiger partial charge in [-0.1, -0.05) is 0 Å². The minimum atomic E-state index is -1.18. The number of aromatic nitrogens is 2. The van der Waals surface area contributed by atoms with Crippen LogP contribution in [0.2, 0.25) is 0 Å². The van der Waals surface area contributed by atoms with Crippen LogP contribution < -0.4 is 20.3 Å². The molecule has 2 N–H and O–H groups in total. The Bertz CT molecular complexity index is 814. The molecule has 1 aromatic carbocycles. The number of amides is 1. The lowest BCUT2D eigenvalue weighted by Gasteiger charge is -2.11. The van der Waals surface area contributed by atoms with Crippen molar-refractivity contribution in [3.8, 4) is 11.5 Å². The number of hydrogen-bond acceptors (Lipinski definition) is 6. The first-order chi connectivity index (χ1) is 11.0. The zero-order valence-electron chi connectivity index (χ0n) is 12.5. The summed E-state index contributed by atoms with van der Waals surface area (Å²) in [5.74, 6) is -1.19. The van der Waals surface area contributed by atoms with Gasteiger partial charge < -0.3 is 19.9 Å². The first kappa shape index (κ1) is 16.3. The largest absolute Gasteiger partial charge is 0.493 e. The summed E-state index contributed by atoms with van der Waals surface area (Å²) in [6.45, 7) is -0.930. The Morgan fingerprint density at radius 2 is 2.04 bits per heavy atom. The molecule has 0 aliphatic rings. The number of nitrogens with one attached hydrogen (secondary N) is 1. The van der Waals surface area contributed by atoms with Crippen LogP contribution in [0.1, 0.15) is 0 Å². The summed E-state index contributed by atoms with van der Waals surface area (Å²) in [6, 6.07) is 3.30. The Labute approximate surface area is 130 Å². The second-order valence-corrected chi connectivity index (χ2v) is 4.54. The molecule has 1 heterocycles. The van der Waals surface area contributed by atoms with Crippen LogP contribution in [0.5, 0.6) is 11.5 Å². The van der Waals surface area contributed by atoms with E-state index in [0.717, 1.165) is 4.68 Å².